The van der Waals surface area contributed by atoms with E-state index in [0.29, 0.717) is 4.99 Å². The highest BCUT2D eigenvalue weighted by Crippen LogP contribution is 2.23. The Labute approximate surface area is 117 Å². The van der Waals surface area contributed by atoms with Crippen molar-refractivity contribution in [2.24, 2.45) is 0 Å². The van der Waals surface area contributed by atoms with Crippen molar-refractivity contribution in [1.82, 2.24) is 10.2 Å². The van der Waals surface area contributed by atoms with Gasteiger partial charge in [0.1, 0.15) is 5.60 Å². The fourth-order valence-electron chi connectivity index (χ4n) is 1.52. The lowest BCUT2D eigenvalue weighted by Crippen LogP contribution is -2.43. The van der Waals surface area contributed by atoms with Gasteiger partial charge in [0.05, 0.1) is 23.5 Å². The number of thioether (sulfide) groups is 1. The molecule has 0 unspecified atom stereocenters. The van der Waals surface area contributed by atoms with Crippen molar-refractivity contribution < 1.29 is 14.6 Å². The third kappa shape index (κ3) is 4.99. The number of rotatable bonds is 3. The molecule has 18 heavy (non-hydrogen) atoms. The fourth-order valence-corrected chi connectivity index (χ4v) is 2.97. The van der Waals surface area contributed by atoms with Crippen LogP contribution in [0.25, 0.3) is 0 Å². The molecular weight excluding hydrogens is 272 g/mol. The number of hydrogen-bond acceptors (Lipinski definition) is 5. The molecule has 0 spiro atoms. The quantitative estimate of drug-likeness (QED) is 0.762. The van der Waals surface area contributed by atoms with Crippen molar-refractivity contribution in [2.45, 2.75) is 31.7 Å². The number of amides is 1. The van der Waals surface area contributed by atoms with Gasteiger partial charge in [-0.3, -0.25) is 0 Å². The molecule has 1 rings (SSSR count). The molecule has 1 fully saturated rings. The predicted molar refractivity (Wildman–Crippen MR) is 76.9 cm³/mol. The summed E-state index contributed by atoms with van der Waals surface area (Å²) in [5.41, 5.74) is -0.511. The molecule has 5 nitrogen and oxygen atoms in total. The summed E-state index contributed by atoms with van der Waals surface area (Å²) < 4.78 is 5.12. The summed E-state index contributed by atoms with van der Waals surface area (Å²) in [6.07, 6.45) is -0.475. The minimum atomic E-state index is -0.511. The highest BCUT2D eigenvalue weighted by molar-refractivity contribution is 8.00. The molecule has 1 heterocycles. The SMILES string of the molecule is CC(C)(C)OC(=O)NCC(=S)N1CCS[C@H]1CO. The molecule has 1 atom stereocenters. The molecular formula is C11H20N2O3S2. The maximum Gasteiger partial charge on any atom is 0.408 e. The molecule has 7 heteroatoms. The van der Waals surface area contributed by atoms with Crippen LogP contribution in [0.1, 0.15) is 20.8 Å². The largest absolute Gasteiger partial charge is 0.444 e. The van der Waals surface area contributed by atoms with Crippen LogP contribution in [-0.2, 0) is 4.74 Å². The summed E-state index contributed by atoms with van der Waals surface area (Å²) in [7, 11) is 0. The monoisotopic (exact) mass is 292 g/mol. The lowest BCUT2D eigenvalue weighted by molar-refractivity contribution is 0.0535. The summed E-state index contributed by atoms with van der Waals surface area (Å²) in [6.45, 7) is 6.57. The summed E-state index contributed by atoms with van der Waals surface area (Å²) in [5, 5.41) is 11.8. The number of alkyl carbamates (subject to hydrolysis) is 1. The highest BCUT2D eigenvalue weighted by atomic mass is 32.2. The third-order valence-corrected chi connectivity index (χ3v) is 3.83. The first kappa shape index (κ1) is 15.5. The second kappa shape index (κ2) is 6.58. The van der Waals surface area contributed by atoms with Crippen LogP contribution in [0, 0.1) is 0 Å². The van der Waals surface area contributed by atoms with Crippen molar-refractivity contribution in [3.8, 4) is 0 Å². The van der Waals surface area contributed by atoms with E-state index in [0.717, 1.165) is 12.3 Å². The zero-order chi connectivity index (χ0) is 13.8. The maximum absolute atomic E-state index is 11.5. The van der Waals surface area contributed by atoms with Crippen LogP contribution in [-0.4, -0.2) is 57.5 Å². The zero-order valence-corrected chi connectivity index (χ0v) is 12.6. The van der Waals surface area contributed by atoms with Crippen LogP contribution in [0.4, 0.5) is 4.79 Å². The van der Waals surface area contributed by atoms with E-state index in [1.165, 1.54) is 0 Å². The molecule has 1 aliphatic rings. The summed E-state index contributed by atoms with van der Waals surface area (Å²) in [5.74, 6) is 0.942. The molecule has 1 saturated heterocycles. The average molecular weight is 292 g/mol. The van der Waals surface area contributed by atoms with Gasteiger partial charge in [0.15, 0.2) is 0 Å². The first-order valence-electron chi connectivity index (χ1n) is 5.82. The smallest absolute Gasteiger partial charge is 0.408 e. The van der Waals surface area contributed by atoms with E-state index in [-0.39, 0.29) is 18.5 Å². The van der Waals surface area contributed by atoms with Crippen molar-refractivity contribution in [2.75, 3.05) is 25.4 Å². The van der Waals surface area contributed by atoms with E-state index in [2.05, 4.69) is 5.32 Å². The Balaban J connectivity index is 2.35. The van der Waals surface area contributed by atoms with Crippen molar-refractivity contribution >= 4 is 35.1 Å². The highest BCUT2D eigenvalue weighted by Gasteiger charge is 2.26. The van der Waals surface area contributed by atoms with Crippen LogP contribution < -0.4 is 5.32 Å². The van der Waals surface area contributed by atoms with E-state index in [4.69, 9.17) is 17.0 Å². The molecule has 0 saturated carbocycles. The second-order valence-corrected chi connectivity index (χ2v) is 6.71. The summed E-state index contributed by atoms with van der Waals surface area (Å²) >= 11 is 6.92. The predicted octanol–water partition coefficient (Wildman–Crippen LogP) is 1.21. The lowest BCUT2D eigenvalue weighted by atomic mass is 10.2. The maximum atomic E-state index is 11.5. The van der Waals surface area contributed by atoms with Crippen LogP contribution in [0.15, 0.2) is 0 Å². The standard InChI is InChI=1S/C11H20N2O3S2/c1-11(2,3)16-10(15)12-6-8(17)13-4-5-18-9(13)7-14/h9,14H,4-7H2,1-3H3,(H,12,15)/t9-/m0/s1. The normalized spacial score (nSPS) is 19.8. The van der Waals surface area contributed by atoms with Crippen molar-refractivity contribution in [3.05, 3.63) is 0 Å². The second-order valence-electron chi connectivity index (χ2n) is 4.95. The minimum Gasteiger partial charge on any atom is -0.444 e. The van der Waals surface area contributed by atoms with E-state index in [1.54, 1.807) is 11.8 Å². The van der Waals surface area contributed by atoms with Crippen LogP contribution in [0.2, 0.25) is 0 Å². The third-order valence-electron chi connectivity index (χ3n) is 2.25. The number of aliphatic hydroxyl groups is 1. The first-order chi connectivity index (χ1) is 8.33. The van der Waals surface area contributed by atoms with Gasteiger partial charge >= 0.3 is 6.09 Å². The number of carbonyl (C=O) groups excluding carboxylic acids is 1. The van der Waals surface area contributed by atoms with Crippen LogP contribution in [0.5, 0.6) is 0 Å². The zero-order valence-electron chi connectivity index (χ0n) is 10.9. The fraction of sp³-hybridized carbons (Fsp3) is 0.818. The Morgan fingerprint density at radius 3 is 2.83 bits per heavy atom. The van der Waals surface area contributed by atoms with Crippen molar-refractivity contribution in [1.29, 1.82) is 0 Å². The van der Waals surface area contributed by atoms with Crippen molar-refractivity contribution in [3.63, 3.8) is 0 Å². The molecule has 0 aromatic heterocycles. The van der Waals surface area contributed by atoms with Gasteiger partial charge in [0, 0.05) is 12.3 Å². The first-order valence-corrected chi connectivity index (χ1v) is 7.28. The number of nitrogens with one attached hydrogen (secondary N) is 1. The number of hydrogen-bond donors (Lipinski definition) is 2. The molecule has 2 N–H and O–H groups in total. The van der Waals surface area contributed by atoms with Gasteiger partial charge in [-0.15, -0.1) is 11.8 Å². The number of ether oxygens (including phenoxy) is 1. The van der Waals surface area contributed by atoms with Crippen LogP contribution in [0.3, 0.4) is 0 Å². The molecule has 0 aromatic carbocycles. The van der Waals surface area contributed by atoms with Gasteiger partial charge in [-0.25, -0.2) is 4.79 Å². The molecule has 0 aromatic rings. The number of thiocarbonyl (C=S) groups is 1. The van der Waals surface area contributed by atoms with E-state index in [1.807, 2.05) is 25.7 Å². The summed E-state index contributed by atoms with van der Waals surface area (Å²) in [4.78, 5) is 14.0. The van der Waals surface area contributed by atoms with E-state index in [9.17, 15) is 9.90 Å². The van der Waals surface area contributed by atoms with Gasteiger partial charge in [0.25, 0.3) is 0 Å². The topological polar surface area (TPSA) is 61.8 Å². The Bertz CT molecular complexity index is 318. The number of carbonyl (C=O) groups is 1. The Hall–Kier alpha value is -0.530. The number of nitrogens with zero attached hydrogens (tertiary/aromatic N) is 1. The van der Waals surface area contributed by atoms with Gasteiger partial charge in [-0.05, 0) is 20.8 Å². The summed E-state index contributed by atoms with van der Waals surface area (Å²) in [6, 6.07) is 0. The molecule has 0 radical (unpaired) electrons. The van der Waals surface area contributed by atoms with Gasteiger partial charge in [0.2, 0.25) is 0 Å². The Morgan fingerprint density at radius 2 is 2.28 bits per heavy atom. The van der Waals surface area contributed by atoms with Gasteiger partial charge in [-0.2, -0.15) is 0 Å². The molecule has 1 amide bonds. The Kier molecular flexibility index (Phi) is 5.68. The van der Waals surface area contributed by atoms with E-state index >= 15 is 0 Å². The van der Waals surface area contributed by atoms with E-state index < -0.39 is 11.7 Å². The van der Waals surface area contributed by atoms with Crippen LogP contribution >= 0.6 is 24.0 Å². The molecule has 0 bridgehead atoms. The molecule has 104 valence electrons. The molecule has 1 aliphatic heterocycles. The average Bonchev–Trinajstić information content (AvgIpc) is 2.71. The Morgan fingerprint density at radius 1 is 1.61 bits per heavy atom. The minimum absolute atomic E-state index is 0.0120. The van der Waals surface area contributed by atoms with Gasteiger partial charge < -0.3 is 20.1 Å². The lowest BCUT2D eigenvalue weighted by Gasteiger charge is -2.25. The van der Waals surface area contributed by atoms with Gasteiger partial charge in [-0.1, -0.05) is 12.2 Å². The number of aliphatic hydroxyl groups excluding tert-OH is 1. The molecule has 0 aliphatic carbocycles.